The first kappa shape index (κ1) is 16.0. The largest absolute Gasteiger partial charge is 0.492 e. The van der Waals surface area contributed by atoms with Crippen LogP contribution in [0, 0.1) is 6.92 Å². The maximum absolute atomic E-state index is 12.1. The molecule has 126 valence electrons. The fraction of sp³-hybridized carbons (Fsp3) is 0.312. The predicted molar refractivity (Wildman–Crippen MR) is 89.3 cm³/mol. The zero-order valence-corrected chi connectivity index (χ0v) is 13.8. The van der Waals surface area contributed by atoms with Gasteiger partial charge in [-0.3, -0.25) is 9.89 Å². The van der Waals surface area contributed by atoms with Gasteiger partial charge < -0.3 is 19.5 Å². The lowest BCUT2D eigenvalue weighted by Crippen LogP contribution is -2.19. The van der Waals surface area contributed by atoms with Crippen LogP contribution in [-0.4, -0.2) is 53.4 Å². The van der Waals surface area contributed by atoms with E-state index >= 15 is 0 Å². The number of nitrogens with zero attached hydrogens (tertiary/aromatic N) is 3. The number of H-pyrrole nitrogens is 1. The van der Waals surface area contributed by atoms with E-state index in [2.05, 4.69) is 20.7 Å². The number of aryl methyl sites for hydroxylation is 1. The van der Waals surface area contributed by atoms with E-state index in [1.807, 2.05) is 37.2 Å². The molecule has 0 atom stereocenters. The molecule has 0 saturated carbocycles. The molecule has 1 aromatic carbocycles. The van der Waals surface area contributed by atoms with Crippen molar-refractivity contribution < 1.29 is 14.1 Å². The van der Waals surface area contributed by atoms with Gasteiger partial charge in [0, 0.05) is 24.1 Å². The second-order valence-electron chi connectivity index (χ2n) is 5.71. The minimum atomic E-state index is -0.369. The van der Waals surface area contributed by atoms with Gasteiger partial charge in [-0.15, -0.1) is 0 Å². The fourth-order valence-corrected chi connectivity index (χ4v) is 2.17. The average Bonchev–Trinajstić information content (AvgIpc) is 3.13. The van der Waals surface area contributed by atoms with Crippen molar-refractivity contribution in [3.05, 3.63) is 35.7 Å². The normalized spacial score (nSPS) is 11.2. The smallest absolute Gasteiger partial charge is 0.279 e. The highest BCUT2D eigenvalue weighted by Crippen LogP contribution is 2.25. The number of carbonyl (C=O) groups excluding carboxylic acids is 1. The van der Waals surface area contributed by atoms with Crippen LogP contribution in [0.3, 0.4) is 0 Å². The van der Waals surface area contributed by atoms with Crippen LogP contribution in [0.4, 0.5) is 5.82 Å². The zero-order valence-electron chi connectivity index (χ0n) is 13.8. The number of carbonyl (C=O) groups is 1. The number of aromatic amines is 1. The van der Waals surface area contributed by atoms with Crippen LogP contribution in [0.25, 0.3) is 10.9 Å². The van der Waals surface area contributed by atoms with E-state index in [9.17, 15) is 4.79 Å². The summed E-state index contributed by atoms with van der Waals surface area (Å²) < 4.78 is 10.6. The highest BCUT2D eigenvalue weighted by Gasteiger charge is 2.15. The maximum Gasteiger partial charge on any atom is 0.279 e. The van der Waals surface area contributed by atoms with Gasteiger partial charge in [-0.2, -0.15) is 5.10 Å². The van der Waals surface area contributed by atoms with Gasteiger partial charge in [0.25, 0.3) is 5.91 Å². The molecular formula is C16H19N5O3. The van der Waals surface area contributed by atoms with Crippen molar-refractivity contribution in [1.82, 2.24) is 20.3 Å². The number of ether oxygens (including phenoxy) is 1. The average molecular weight is 329 g/mol. The number of amides is 1. The van der Waals surface area contributed by atoms with Gasteiger partial charge in [0.05, 0.1) is 5.52 Å². The van der Waals surface area contributed by atoms with Crippen LogP contribution in [0.15, 0.2) is 28.8 Å². The molecule has 0 aliphatic heterocycles. The minimum absolute atomic E-state index is 0.215. The summed E-state index contributed by atoms with van der Waals surface area (Å²) in [4.78, 5) is 14.2. The lowest BCUT2D eigenvalue weighted by atomic mass is 10.2. The summed E-state index contributed by atoms with van der Waals surface area (Å²) in [5, 5.41) is 14.2. The first-order valence-electron chi connectivity index (χ1n) is 7.53. The van der Waals surface area contributed by atoms with E-state index in [-0.39, 0.29) is 11.6 Å². The number of fused-ring (bicyclic) bond motifs is 1. The summed E-state index contributed by atoms with van der Waals surface area (Å²) in [6.45, 7) is 3.16. The first-order chi connectivity index (χ1) is 11.5. The molecule has 0 spiro atoms. The predicted octanol–water partition coefficient (Wildman–Crippen LogP) is 2.05. The molecule has 3 aromatic rings. The molecule has 0 aliphatic carbocycles. The molecule has 8 nitrogen and oxygen atoms in total. The van der Waals surface area contributed by atoms with Gasteiger partial charge in [0.2, 0.25) is 0 Å². The molecule has 2 aromatic heterocycles. The molecule has 24 heavy (non-hydrogen) atoms. The summed E-state index contributed by atoms with van der Waals surface area (Å²) >= 11 is 0. The third-order valence-electron chi connectivity index (χ3n) is 3.43. The Labute approximate surface area is 138 Å². The van der Waals surface area contributed by atoms with Gasteiger partial charge in [0.1, 0.15) is 18.1 Å². The second kappa shape index (κ2) is 6.71. The molecule has 0 bridgehead atoms. The van der Waals surface area contributed by atoms with Crippen molar-refractivity contribution in [2.45, 2.75) is 6.92 Å². The monoisotopic (exact) mass is 329 g/mol. The molecule has 3 rings (SSSR count). The Morgan fingerprint density at radius 1 is 1.38 bits per heavy atom. The van der Waals surface area contributed by atoms with Gasteiger partial charge in [0.15, 0.2) is 11.5 Å². The number of anilines is 1. The van der Waals surface area contributed by atoms with Crippen molar-refractivity contribution in [3.8, 4) is 5.75 Å². The van der Waals surface area contributed by atoms with Crippen LogP contribution >= 0.6 is 0 Å². The highest BCUT2D eigenvalue weighted by atomic mass is 16.5. The van der Waals surface area contributed by atoms with Crippen LogP contribution < -0.4 is 10.1 Å². The van der Waals surface area contributed by atoms with Crippen molar-refractivity contribution >= 4 is 22.6 Å². The maximum atomic E-state index is 12.1. The topological polar surface area (TPSA) is 96.3 Å². The minimum Gasteiger partial charge on any atom is -0.492 e. The second-order valence-corrected chi connectivity index (χ2v) is 5.71. The van der Waals surface area contributed by atoms with Gasteiger partial charge >= 0.3 is 0 Å². The van der Waals surface area contributed by atoms with Crippen LogP contribution in [0.1, 0.15) is 16.2 Å². The molecule has 0 unspecified atom stereocenters. The van der Waals surface area contributed by atoms with Crippen LogP contribution in [0.5, 0.6) is 5.75 Å². The Bertz CT molecular complexity index is 852. The van der Waals surface area contributed by atoms with Crippen molar-refractivity contribution in [2.24, 2.45) is 0 Å². The standard InChI is InChI=1S/C16H19N5O3/c1-10-8-14(20-24-10)16(22)17-15-12-5-4-11(9-13(12)18-19-15)23-7-6-21(2)3/h4-5,8-9H,6-7H2,1-3H3,(H2,17,18,19,22). The molecule has 0 fully saturated rings. The van der Waals surface area contributed by atoms with Crippen molar-refractivity contribution in [1.29, 1.82) is 0 Å². The lowest BCUT2D eigenvalue weighted by Gasteiger charge is -2.10. The fourth-order valence-electron chi connectivity index (χ4n) is 2.17. The van der Waals surface area contributed by atoms with Crippen LogP contribution in [0.2, 0.25) is 0 Å². The zero-order chi connectivity index (χ0) is 17.1. The van der Waals surface area contributed by atoms with Crippen molar-refractivity contribution in [3.63, 3.8) is 0 Å². The molecule has 8 heteroatoms. The van der Waals surface area contributed by atoms with E-state index in [0.717, 1.165) is 23.2 Å². The van der Waals surface area contributed by atoms with E-state index in [4.69, 9.17) is 9.26 Å². The number of aromatic nitrogens is 3. The number of nitrogens with one attached hydrogen (secondary N) is 2. The van der Waals surface area contributed by atoms with E-state index in [1.165, 1.54) is 0 Å². The Morgan fingerprint density at radius 3 is 2.92 bits per heavy atom. The first-order valence-corrected chi connectivity index (χ1v) is 7.53. The molecule has 1 amide bonds. The lowest BCUT2D eigenvalue weighted by molar-refractivity contribution is 0.101. The van der Waals surface area contributed by atoms with E-state index in [0.29, 0.717) is 18.2 Å². The number of hydrogen-bond donors (Lipinski definition) is 2. The Kier molecular flexibility index (Phi) is 4.48. The molecule has 0 radical (unpaired) electrons. The molecule has 0 aliphatic rings. The quantitative estimate of drug-likeness (QED) is 0.718. The summed E-state index contributed by atoms with van der Waals surface area (Å²) in [6.07, 6.45) is 0. The summed E-state index contributed by atoms with van der Waals surface area (Å²) in [7, 11) is 3.99. The number of benzene rings is 1. The third kappa shape index (κ3) is 3.54. The Balaban J connectivity index is 1.72. The molecule has 2 heterocycles. The van der Waals surface area contributed by atoms with Gasteiger partial charge in [-0.05, 0) is 33.2 Å². The number of likely N-dealkylation sites (N-methyl/N-ethyl adjacent to an activating group) is 1. The van der Waals surface area contributed by atoms with E-state index in [1.54, 1.807) is 13.0 Å². The number of hydrogen-bond acceptors (Lipinski definition) is 6. The summed E-state index contributed by atoms with van der Waals surface area (Å²) in [5.74, 6) is 1.40. The van der Waals surface area contributed by atoms with E-state index < -0.39 is 0 Å². The molecule has 2 N–H and O–H groups in total. The summed E-state index contributed by atoms with van der Waals surface area (Å²) in [5.41, 5.74) is 0.997. The Morgan fingerprint density at radius 2 is 2.21 bits per heavy atom. The molecular weight excluding hydrogens is 310 g/mol. The van der Waals surface area contributed by atoms with Gasteiger partial charge in [-0.25, -0.2) is 0 Å². The highest BCUT2D eigenvalue weighted by molar-refractivity contribution is 6.06. The van der Waals surface area contributed by atoms with Crippen LogP contribution in [-0.2, 0) is 0 Å². The third-order valence-corrected chi connectivity index (χ3v) is 3.43. The summed E-state index contributed by atoms with van der Waals surface area (Å²) in [6, 6.07) is 7.13. The SMILES string of the molecule is Cc1cc(C(=O)Nc2n[nH]c3cc(OCCN(C)C)ccc23)no1. The van der Waals surface area contributed by atoms with Crippen molar-refractivity contribution in [2.75, 3.05) is 32.6 Å². The Hall–Kier alpha value is -2.87. The van der Waals surface area contributed by atoms with Gasteiger partial charge in [-0.1, -0.05) is 5.16 Å². The number of rotatable bonds is 6. The molecule has 0 saturated heterocycles.